The second kappa shape index (κ2) is 5.75. The molecule has 0 bridgehead atoms. The van der Waals surface area contributed by atoms with Gasteiger partial charge in [0.25, 0.3) is 5.91 Å². The van der Waals surface area contributed by atoms with Gasteiger partial charge in [0.05, 0.1) is 31.1 Å². The Labute approximate surface area is 113 Å². The van der Waals surface area contributed by atoms with Crippen LogP contribution >= 0.6 is 11.7 Å². The van der Waals surface area contributed by atoms with E-state index in [4.69, 9.17) is 4.74 Å². The number of carbonyl (C=O) groups is 1. The van der Waals surface area contributed by atoms with Crippen molar-refractivity contribution in [3.05, 3.63) is 41.5 Å². The molecule has 2 rings (SSSR count). The van der Waals surface area contributed by atoms with Gasteiger partial charge in [-0.05, 0) is 24.6 Å². The van der Waals surface area contributed by atoms with Gasteiger partial charge in [-0.2, -0.15) is 8.75 Å². The molecule has 0 aliphatic rings. The highest BCUT2D eigenvalue weighted by Crippen LogP contribution is 2.21. The summed E-state index contributed by atoms with van der Waals surface area (Å²) >= 11 is 0.961. The van der Waals surface area contributed by atoms with Crippen LogP contribution in [-0.4, -0.2) is 21.8 Å². The van der Waals surface area contributed by atoms with Gasteiger partial charge in [0.1, 0.15) is 0 Å². The smallest absolute Gasteiger partial charge is 0.273 e. The molecule has 19 heavy (non-hydrogen) atoms. The van der Waals surface area contributed by atoms with E-state index in [1.54, 1.807) is 13.0 Å². The molecule has 0 radical (unpaired) electrons. The van der Waals surface area contributed by atoms with Crippen molar-refractivity contribution in [3.8, 4) is 5.75 Å². The number of halogens is 1. The highest BCUT2D eigenvalue weighted by molar-refractivity contribution is 6.99. The standard InChI is InChI=1S/C12H12FN3O2S/c1-7(15-12(17)10-6-14-19-16-10)8-3-4-11(18-2)9(13)5-8/h3-7H,1-2H3,(H,15,17). The molecule has 0 aliphatic heterocycles. The first-order valence-electron chi connectivity index (χ1n) is 5.53. The molecule has 1 unspecified atom stereocenters. The number of ether oxygens (including phenoxy) is 1. The molecule has 1 amide bonds. The lowest BCUT2D eigenvalue weighted by molar-refractivity contribution is 0.0935. The predicted molar refractivity (Wildman–Crippen MR) is 68.7 cm³/mol. The molecule has 100 valence electrons. The lowest BCUT2D eigenvalue weighted by Crippen LogP contribution is -2.26. The molecule has 0 aliphatic carbocycles. The normalized spacial score (nSPS) is 11.9. The number of hydrogen-bond acceptors (Lipinski definition) is 5. The number of aromatic nitrogens is 2. The minimum atomic E-state index is -0.462. The van der Waals surface area contributed by atoms with Crippen molar-refractivity contribution >= 4 is 17.6 Å². The zero-order chi connectivity index (χ0) is 13.8. The van der Waals surface area contributed by atoms with E-state index in [2.05, 4.69) is 14.1 Å². The second-order valence-electron chi connectivity index (χ2n) is 3.88. The van der Waals surface area contributed by atoms with Crippen molar-refractivity contribution in [1.82, 2.24) is 14.1 Å². The topological polar surface area (TPSA) is 64.1 Å². The first-order valence-corrected chi connectivity index (χ1v) is 6.26. The van der Waals surface area contributed by atoms with E-state index in [0.29, 0.717) is 5.56 Å². The van der Waals surface area contributed by atoms with Gasteiger partial charge in [-0.15, -0.1) is 0 Å². The van der Waals surface area contributed by atoms with Crippen LogP contribution in [0.5, 0.6) is 5.75 Å². The Kier molecular flexibility index (Phi) is 4.06. The molecule has 7 heteroatoms. The van der Waals surface area contributed by atoms with Gasteiger partial charge in [0, 0.05) is 0 Å². The van der Waals surface area contributed by atoms with Crippen LogP contribution in [-0.2, 0) is 0 Å². The number of benzene rings is 1. The maximum atomic E-state index is 13.6. The Hall–Kier alpha value is -2.02. The third kappa shape index (κ3) is 3.05. The van der Waals surface area contributed by atoms with Gasteiger partial charge >= 0.3 is 0 Å². The average Bonchev–Trinajstić information content (AvgIpc) is 2.92. The van der Waals surface area contributed by atoms with Crippen LogP contribution in [0.15, 0.2) is 24.4 Å². The fraction of sp³-hybridized carbons (Fsp3) is 0.250. The summed E-state index contributed by atoms with van der Waals surface area (Å²) in [4.78, 5) is 11.8. The largest absolute Gasteiger partial charge is 0.494 e. The highest BCUT2D eigenvalue weighted by atomic mass is 32.1. The van der Waals surface area contributed by atoms with Crippen LogP contribution in [0.4, 0.5) is 4.39 Å². The zero-order valence-corrected chi connectivity index (χ0v) is 11.2. The second-order valence-corrected chi connectivity index (χ2v) is 4.44. The van der Waals surface area contributed by atoms with E-state index < -0.39 is 5.82 Å². The van der Waals surface area contributed by atoms with E-state index in [-0.39, 0.29) is 23.4 Å². The molecule has 1 atom stereocenters. The monoisotopic (exact) mass is 281 g/mol. The number of nitrogens with one attached hydrogen (secondary N) is 1. The summed E-state index contributed by atoms with van der Waals surface area (Å²) in [6.07, 6.45) is 1.39. The van der Waals surface area contributed by atoms with Crippen LogP contribution in [0, 0.1) is 5.82 Å². The van der Waals surface area contributed by atoms with Crippen molar-refractivity contribution < 1.29 is 13.9 Å². The third-order valence-electron chi connectivity index (χ3n) is 2.62. The molecule has 1 N–H and O–H groups in total. The summed E-state index contributed by atoms with van der Waals surface area (Å²) in [5.74, 6) is -0.625. The zero-order valence-electron chi connectivity index (χ0n) is 10.4. The average molecular weight is 281 g/mol. The Morgan fingerprint density at radius 3 is 2.89 bits per heavy atom. The Morgan fingerprint density at radius 2 is 2.32 bits per heavy atom. The summed E-state index contributed by atoms with van der Waals surface area (Å²) in [6, 6.07) is 4.22. The van der Waals surface area contributed by atoms with Crippen LogP contribution in [0.3, 0.4) is 0 Å². The molecule has 0 spiro atoms. The van der Waals surface area contributed by atoms with Gasteiger partial charge in [-0.1, -0.05) is 6.07 Å². The number of hydrogen-bond donors (Lipinski definition) is 1. The van der Waals surface area contributed by atoms with E-state index in [9.17, 15) is 9.18 Å². The van der Waals surface area contributed by atoms with Crippen molar-refractivity contribution in [2.75, 3.05) is 7.11 Å². The van der Waals surface area contributed by atoms with Crippen LogP contribution in [0.1, 0.15) is 29.0 Å². The van der Waals surface area contributed by atoms with Gasteiger partial charge < -0.3 is 10.1 Å². The maximum Gasteiger partial charge on any atom is 0.273 e. The SMILES string of the molecule is COc1ccc(C(C)NC(=O)c2cnsn2)cc1F. The summed E-state index contributed by atoms with van der Waals surface area (Å²) in [6.45, 7) is 1.76. The molecule has 0 fully saturated rings. The lowest BCUT2D eigenvalue weighted by Gasteiger charge is -2.14. The first-order chi connectivity index (χ1) is 9.11. The van der Waals surface area contributed by atoms with Crippen LogP contribution < -0.4 is 10.1 Å². The fourth-order valence-corrected chi connectivity index (χ4v) is 1.98. The Bertz CT molecular complexity index is 574. The first kappa shape index (κ1) is 13.4. The molecule has 1 aromatic carbocycles. The lowest BCUT2D eigenvalue weighted by atomic mass is 10.1. The van der Waals surface area contributed by atoms with Gasteiger partial charge in [0.15, 0.2) is 17.3 Å². The van der Waals surface area contributed by atoms with Crippen molar-refractivity contribution in [2.45, 2.75) is 13.0 Å². The Morgan fingerprint density at radius 1 is 1.53 bits per heavy atom. The van der Waals surface area contributed by atoms with E-state index in [0.717, 1.165) is 11.7 Å². The molecule has 2 aromatic rings. The van der Waals surface area contributed by atoms with Crippen LogP contribution in [0.25, 0.3) is 0 Å². The molecule has 0 saturated carbocycles. The number of nitrogens with zero attached hydrogens (tertiary/aromatic N) is 2. The minimum absolute atomic E-state index is 0.172. The summed E-state index contributed by atoms with van der Waals surface area (Å²) in [7, 11) is 1.40. The van der Waals surface area contributed by atoms with Crippen molar-refractivity contribution in [1.29, 1.82) is 0 Å². The van der Waals surface area contributed by atoms with E-state index in [1.807, 2.05) is 0 Å². The predicted octanol–water partition coefficient (Wildman–Crippen LogP) is 2.18. The third-order valence-corrected chi connectivity index (χ3v) is 3.10. The fourth-order valence-electron chi connectivity index (χ4n) is 1.57. The maximum absolute atomic E-state index is 13.6. The number of rotatable bonds is 4. The Balaban J connectivity index is 2.09. The molecule has 0 saturated heterocycles. The molecular formula is C12H12FN3O2S. The quantitative estimate of drug-likeness (QED) is 0.933. The summed E-state index contributed by atoms with van der Waals surface area (Å²) in [5, 5.41) is 2.72. The van der Waals surface area contributed by atoms with E-state index >= 15 is 0 Å². The van der Waals surface area contributed by atoms with Gasteiger partial charge in [0.2, 0.25) is 0 Å². The van der Waals surface area contributed by atoms with Crippen molar-refractivity contribution in [3.63, 3.8) is 0 Å². The summed E-state index contributed by atoms with van der Waals surface area (Å²) in [5.41, 5.74) is 0.903. The summed E-state index contributed by atoms with van der Waals surface area (Å²) < 4.78 is 26.0. The number of methoxy groups -OCH3 is 1. The number of amides is 1. The van der Waals surface area contributed by atoms with Gasteiger partial charge in [-0.25, -0.2) is 4.39 Å². The number of carbonyl (C=O) groups excluding carboxylic acids is 1. The van der Waals surface area contributed by atoms with Crippen molar-refractivity contribution in [2.24, 2.45) is 0 Å². The minimum Gasteiger partial charge on any atom is -0.494 e. The molecular weight excluding hydrogens is 269 g/mol. The molecule has 1 heterocycles. The molecule has 1 aromatic heterocycles. The molecule has 5 nitrogen and oxygen atoms in total. The van der Waals surface area contributed by atoms with E-state index in [1.165, 1.54) is 25.4 Å². The highest BCUT2D eigenvalue weighted by Gasteiger charge is 2.15. The van der Waals surface area contributed by atoms with Gasteiger partial charge in [-0.3, -0.25) is 4.79 Å². The van der Waals surface area contributed by atoms with Crippen LogP contribution in [0.2, 0.25) is 0 Å².